The number of sulfonamides is 1. The second-order valence-corrected chi connectivity index (χ2v) is 8.51. The molecule has 0 unspecified atom stereocenters. The summed E-state index contributed by atoms with van der Waals surface area (Å²) in [5.41, 5.74) is 0.936. The second-order valence-electron chi connectivity index (χ2n) is 6.83. The molecule has 0 atom stereocenters. The molecule has 5 rings (SSSR count). The number of hydrogen-bond donors (Lipinski definition) is 2. The van der Waals surface area contributed by atoms with Crippen molar-refractivity contribution in [1.82, 2.24) is 5.32 Å². The van der Waals surface area contributed by atoms with E-state index < -0.39 is 21.8 Å². The van der Waals surface area contributed by atoms with E-state index in [1.54, 1.807) is 30.3 Å². The SMILES string of the molecule is O=C1NC(=O)c2cc(S(=O)(=O)Nc3ccc4ccccc4c3)cc3cccc1c23. The van der Waals surface area contributed by atoms with Gasteiger partial charge in [0.2, 0.25) is 0 Å². The highest BCUT2D eigenvalue weighted by atomic mass is 32.2. The van der Waals surface area contributed by atoms with Gasteiger partial charge >= 0.3 is 0 Å². The molecule has 4 aromatic carbocycles. The molecule has 0 spiro atoms. The maximum atomic E-state index is 13.0. The van der Waals surface area contributed by atoms with Crippen molar-refractivity contribution in [2.45, 2.75) is 4.90 Å². The van der Waals surface area contributed by atoms with Gasteiger partial charge in [0.05, 0.1) is 4.90 Å². The highest BCUT2D eigenvalue weighted by Gasteiger charge is 2.27. The Morgan fingerprint density at radius 2 is 1.41 bits per heavy atom. The maximum Gasteiger partial charge on any atom is 0.261 e. The number of carbonyl (C=O) groups excluding carboxylic acids is 2. The summed E-state index contributed by atoms with van der Waals surface area (Å²) in [6.07, 6.45) is 0. The Balaban J connectivity index is 1.62. The van der Waals surface area contributed by atoms with Crippen molar-refractivity contribution in [2.75, 3.05) is 4.72 Å². The molecule has 0 aromatic heterocycles. The molecule has 4 aromatic rings. The summed E-state index contributed by atoms with van der Waals surface area (Å²) in [5, 5.41) is 5.14. The Kier molecular flexibility index (Phi) is 3.69. The molecular formula is C22H14N2O4S. The average Bonchev–Trinajstić information content (AvgIpc) is 2.71. The summed E-state index contributed by atoms with van der Waals surface area (Å²) in [7, 11) is -3.95. The molecule has 0 saturated carbocycles. The van der Waals surface area contributed by atoms with Crippen LogP contribution in [-0.4, -0.2) is 20.2 Å². The van der Waals surface area contributed by atoms with Gasteiger partial charge in [-0.2, -0.15) is 0 Å². The smallest absolute Gasteiger partial charge is 0.261 e. The summed E-state index contributed by atoms with van der Waals surface area (Å²) in [5.74, 6) is -1.10. The number of nitrogens with one attached hydrogen (secondary N) is 2. The van der Waals surface area contributed by atoms with Crippen molar-refractivity contribution in [3.05, 3.63) is 83.9 Å². The maximum absolute atomic E-state index is 13.0. The van der Waals surface area contributed by atoms with Crippen LogP contribution in [0.5, 0.6) is 0 Å². The summed E-state index contributed by atoms with van der Waals surface area (Å²) in [4.78, 5) is 24.3. The Morgan fingerprint density at radius 1 is 0.690 bits per heavy atom. The first-order valence-corrected chi connectivity index (χ1v) is 10.3. The first-order chi connectivity index (χ1) is 13.9. The number of imide groups is 1. The first-order valence-electron chi connectivity index (χ1n) is 8.86. The van der Waals surface area contributed by atoms with Crippen molar-refractivity contribution in [1.29, 1.82) is 0 Å². The van der Waals surface area contributed by atoms with E-state index in [9.17, 15) is 18.0 Å². The molecule has 0 radical (unpaired) electrons. The van der Waals surface area contributed by atoms with Crippen LogP contribution in [-0.2, 0) is 10.0 Å². The van der Waals surface area contributed by atoms with Crippen LogP contribution in [0.15, 0.2) is 77.7 Å². The lowest BCUT2D eigenvalue weighted by Crippen LogP contribution is -2.34. The molecule has 1 aliphatic heterocycles. The molecule has 7 heteroatoms. The number of amides is 2. The molecule has 1 heterocycles. The highest BCUT2D eigenvalue weighted by molar-refractivity contribution is 7.92. The standard InChI is InChI=1S/C22H14N2O4S/c25-21-18-7-3-6-15-11-17(12-19(20(15)18)22(26)23-21)29(27,28)24-16-9-8-13-4-1-2-5-14(13)10-16/h1-12,24H,(H,23,25,26). The van der Waals surface area contributed by atoms with Gasteiger partial charge in [0.15, 0.2) is 0 Å². The zero-order valence-corrected chi connectivity index (χ0v) is 15.8. The number of anilines is 1. The third-order valence-electron chi connectivity index (χ3n) is 4.98. The van der Waals surface area contributed by atoms with Crippen LogP contribution in [0, 0.1) is 0 Å². The lowest BCUT2D eigenvalue weighted by molar-refractivity contribution is 0.0845. The third-order valence-corrected chi connectivity index (χ3v) is 6.34. The summed E-state index contributed by atoms with van der Waals surface area (Å²) >= 11 is 0. The van der Waals surface area contributed by atoms with Gasteiger partial charge in [-0.3, -0.25) is 19.6 Å². The highest BCUT2D eigenvalue weighted by Crippen LogP contribution is 2.30. The van der Waals surface area contributed by atoms with E-state index in [1.165, 1.54) is 12.1 Å². The van der Waals surface area contributed by atoms with Gasteiger partial charge in [-0.15, -0.1) is 0 Å². The predicted molar refractivity (Wildman–Crippen MR) is 111 cm³/mol. The molecule has 0 aliphatic carbocycles. The van der Waals surface area contributed by atoms with Crippen LogP contribution >= 0.6 is 0 Å². The Morgan fingerprint density at radius 3 is 2.24 bits per heavy atom. The fraction of sp³-hybridized carbons (Fsp3) is 0. The lowest BCUT2D eigenvalue weighted by Gasteiger charge is -2.18. The minimum Gasteiger partial charge on any atom is -0.288 e. The van der Waals surface area contributed by atoms with Gasteiger partial charge in [-0.05, 0) is 46.5 Å². The molecule has 2 amide bonds. The number of hydrogen-bond acceptors (Lipinski definition) is 4. The van der Waals surface area contributed by atoms with Crippen LogP contribution in [0.4, 0.5) is 5.69 Å². The third kappa shape index (κ3) is 2.83. The van der Waals surface area contributed by atoms with Crippen LogP contribution < -0.4 is 10.0 Å². The topological polar surface area (TPSA) is 92.3 Å². The number of rotatable bonds is 3. The molecule has 29 heavy (non-hydrogen) atoms. The molecule has 2 N–H and O–H groups in total. The fourth-order valence-corrected chi connectivity index (χ4v) is 4.74. The monoisotopic (exact) mass is 402 g/mol. The molecule has 6 nitrogen and oxygen atoms in total. The van der Waals surface area contributed by atoms with E-state index >= 15 is 0 Å². The van der Waals surface area contributed by atoms with Crippen LogP contribution in [0.2, 0.25) is 0 Å². The van der Waals surface area contributed by atoms with Gasteiger partial charge in [-0.1, -0.05) is 42.5 Å². The van der Waals surface area contributed by atoms with E-state index in [4.69, 9.17) is 0 Å². The van der Waals surface area contributed by atoms with E-state index in [2.05, 4.69) is 10.0 Å². The Hall–Kier alpha value is -3.71. The zero-order valence-electron chi connectivity index (χ0n) is 15.0. The largest absolute Gasteiger partial charge is 0.288 e. The fourth-order valence-electron chi connectivity index (χ4n) is 3.63. The minimum absolute atomic E-state index is 0.0465. The lowest BCUT2D eigenvalue weighted by atomic mass is 9.95. The molecule has 1 aliphatic rings. The zero-order chi connectivity index (χ0) is 20.2. The van der Waals surface area contributed by atoms with Gasteiger partial charge < -0.3 is 0 Å². The predicted octanol–water partition coefficient (Wildman–Crippen LogP) is 3.68. The van der Waals surface area contributed by atoms with Gasteiger partial charge in [0, 0.05) is 22.2 Å². The van der Waals surface area contributed by atoms with E-state index in [0.29, 0.717) is 22.0 Å². The normalized spacial score (nSPS) is 13.5. The van der Waals surface area contributed by atoms with E-state index in [1.807, 2.05) is 30.3 Å². The van der Waals surface area contributed by atoms with Gasteiger partial charge in [0.1, 0.15) is 0 Å². The molecular weight excluding hydrogens is 388 g/mol. The van der Waals surface area contributed by atoms with Crippen LogP contribution in [0.1, 0.15) is 20.7 Å². The number of fused-ring (bicyclic) bond motifs is 1. The molecule has 0 saturated heterocycles. The van der Waals surface area contributed by atoms with Crippen LogP contribution in [0.3, 0.4) is 0 Å². The van der Waals surface area contributed by atoms with Crippen LogP contribution in [0.25, 0.3) is 21.5 Å². The van der Waals surface area contributed by atoms with Crippen molar-refractivity contribution in [2.24, 2.45) is 0 Å². The van der Waals surface area contributed by atoms with Gasteiger partial charge in [0.25, 0.3) is 21.8 Å². The summed E-state index contributed by atoms with van der Waals surface area (Å²) in [6, 6.07) is 20.6. The van der Waals surface area contributed by atoms with Crippen molar-refractivity contribution < 1.29 is 18.0 Å². The number of benzene rings is 4. The summed E-state index contributed by atoms with van der Waals surface area (Å²) < 4.78 is 28.6. The molecule has 0 fully saturated rings. The van der Waals surface area contributed by atoms with E-state index in [0.717, 1.165) is 10.8 Å². The second kappa shape index (κ2) is 6.15. The minimum atomic E-state index is -3.95. The first kappa shape index (κ1) is 17.4. The van der Waals surface area contributed by atoms with Crippen molar-refractivity contribution in [3.8, 4) is 0 Å². The van der Waals surface area contributed by atoms with Crippen molar-refractivity contribution in [3.63, 3.8) is 0 Å². The summed E-state index contributed by atoms with van der Waals surface area (Å²) in [6.45, 7) is 0. The number of carbonyl (C=O) groups is 2. The quantitative estimate of drug-likeness (QED) is 0.512. The Bertz CT molecular complexity index is 1460. The Labute approximate surface area is 166 Å². The van der Waals surface area contributed by atoms with Crippen molar-refractivity contribution >= 4 is 49.1 Å². The van der Waals surface area contributed by atoms with E-state index in [-0.39, 0.29) is 10.5 Å². The van der Waals surface area contributed by atoms with Gasteiger partial charge in [-0.25, -0.2) is 8.42 Å². The average molecular weight is 402 g/mol. The molecule has 142 valence electrons. The molecule has 0 bridgehead atoms.